The summed E-state index contributed by atoms with van der Waals surface area (Å²) >= 11 is 5.61. The summed E-state index contributed by atoms with van der Waals surface area (Å²) in [6, 6.07) is 3.42. The monoisotopic (exact) mass is 184 g/mol. The first-order valence-electron chi connectivity index (χ1n) is 3.54. The molecule has 1 heterocycles. The average molecular weight is 185 g/mol. The highest BCUT2D eigenvalue weighted by Gasteiger charge is 2.01. The standard InChI is InChI=1S/C8H9ClN2O/c9-6-1-2-7(11-5-6)3-8(12)4-10/h1-2,5H,3-4,10H2. The van der Waals surface area contributed by atoms with Crippen LogP contribution in [0.3, 0.4) is 0 Å². The molecule has 0 aliphatic rings. The first-order valence-corrected chi connectivity index (χ1v) is 3.92. The van der Waals surface area contributed by atoms with Crippen LogP contribution in [0.25, 0.3) is 0 Å². The highest BCUT2D eigenvalue weighted by atomic mass is 35.5. The Balaban J connectivity index is 2.64. The lowest BCUT2D eigenvalue weighted by Gasteiger charge is -1.97. The van der Waals surface area contributed by atoms with E-state index in [9.17, 15) is 4.79 Å². The largest absolute Gasteiger partial charge is 0.324 e. The van der Waals surface area contributed by atoms with E-state index in [1.165, 1.54) is 6.20 Å². The van der Waals surface area contributed by atoms with Crippen LogP contribution in [0.2, 0.25) is 5.02 Å². The van der Waals surface area contributed by atoms with Crippen molar-refractivity contribution in [3.63, 3.8) is 0 Å². The lowest BCUT2D eigenvalue weighted by Crippen LogP contribution is -2.16. The molecule has 0 spiro atoms. The van der Waals surface area contributed by atoms with Crippen LogP contribution in [0, 0.1) is 0 Å². The van der Waals surface area contributed by atoms with Crippen LogP contribution < -0.4 is 5.73 Å². The second-order valence-electron chi connectivity index (χ2n) is 2.39. The zero-order valence-corrected chi connectivity index (χ0v) is 7.21. The molecule has 1 rings (SSSR count). The minimum Gasteiger partial charge on any atom is -0.324 e. The van der Waals surface area contributed by atoms with Crippen LogP contribution in [-0.2, 0) is 11.2 Å². The predicted molar refractivity (Wildman–Crippen MR) is 47.0 cm³/mol. The Morgan fingerprint density at radius 2 is 2.33 bits per heavy atom. The van der Waals surface area contributed by atoms with Crippen LogP contribution in [0.1, 0.15) is 5.69 Å². The number of nitrogens with zero attached hydrogens (tertiary/aromatic N) is 1. The lowest BCUT2D eigenvalue weighted by molar-refractivity contribution is -0.117. The van der Waals surface area contributed by atoms with E-state index in [1.54, 1.807) is 12.1 Å². The third-order valence-corrected chi connectivity index (χ3v) is 1.62. The number of carbonyl (C=O) groups is 1. The molecular weight excluding hydrogens is 176 g/mol. The van der Waals surface area contributed by atoms with E-state index in [1.807, 2.05) is 0 Å². The molecule has 0 saturated heterocycles. The summed E-state index contributed by atoms with van der Waals surface area (Å²) < 4.78 is 0. The van der Waals surface area contributed by atoms with Crippen LogP contribution in [-0.4, -0.2) is 17.3 Å². The molecule has 0 bridgehead atoms. The molecule has 2 N–H and O–H groups in total. The van der Waals surface area contributed by atoms with Gasteiger partial charge in [0.15, 0.2) is 5.78 Å². The average Bonchev–Trinajstić information content (AvgIpc) is 2.09. The lowest BCUT2D eigenvalue weighted by atomic mass is 10.2. The van der Waals surface area contributed by atoms with Crippen molar-refractivity contribution in [2.45, 2.75) is 6.42 Å². The fraction of sp³-hybridized carbons (Fsp3) is 0.250. The summed E-state index contributed by atoms with van der Waals surface area (Å²) in [5.41, 5.74) is 5.85. The maximum atomic E-state index is 10.9. The summed E-state index contributed by atoms with van der Waals surface area (Å²) in [6.07, 6.45) is 1.80. The maximum Gasteiger partial charge on any atom is 0.152 e. The van der Waals surface area contributed by atoms with Gasteiger partial charge in [-0.25, -0.2) is 0 Å². The minimum atomic E-state index is -0.0233. The molecule has 1 aromatic rings. The number of ketones is 1. The Kier molecular flexibility index (Phi) is 3.19. The van der Waals surface area contributed by atoms with Gasteiger partial charge in [-0.1, -0.05) is 11.6 Å². The molecule has 0 amide bonds. The van der Waals surface area contributed by atoms with Crippen molar-refractivity contribution in [1.82, 2.24) is 4.98 Å². The molecule has 0 fully saturated rings. The number of carbonyl (C=O) groups excluding carboxylic acids is 1. The molecule has 4 heteroatoms. The number of nitrogens with two attached hydrogens (primary N) is 1. The summed E-state index contributed by atoms with van der Waals surface area (Å²) in [5, 5.41) is 0.568. The molecule has 0 unspecified atom stereocenters. The summed E-state index contributed by atoms with van der Waals surface area (Å²) in [6.45, 7) is 0.0598. The van der Waals surface area contributed by atoms with Crippen LogP contribution in [0.15, 0.2) is 18.3 Å². The normalized spacial score (nSPS) is 9.83. The predicted octanol–water partition coefficient (Wildman–Crippen LogP) is 0.805. The third-order valence-electron chi connectivity index (χ3n) is 1.39. The van der Waals surface area contributed by atoms with E-state index >= 15 is 0 Å². The number of halogens is 1. The van der Waals surface area contributed by atoms with E-state index in [0.717, 1.165) is 0 Å². The van der Waals surface area contributed by atoms with Gasteiger partial charge in [0, 0.05) is 18.3 Å². The molecule has 12 heavy (non-hydrogen) atoms. The molecule has 0 atom stereocenters. The number of aromatic nitrogens is 1. The molecule has 0 radical (unpaired) electrons. The van der Waals surface area contributed by atoms with Gasteiger partial charge in [0.1, 0.15) is 0 Å². The Hall–Kier alpha value is -0.930. The van der Waals surface area contributed by atoms with Gasteiger partial charge in [0.25, 0.3) is 0 Å². The first-order chi connectivity index (χ1) is 5.72. The minimum absolute atomic E-state index is 0.0233. The molecular formula is C8H9ClN2O. The van der Waals surface area contributed by atoms with Crippen LogP contribution in [0.5, 0.6) is 0 Å². The number of rotatable bonds is 3. The maximum absolute atomic E-state index is 10.9. The number of hydrogen-bond acceptors (Lipinski definition) is 3. The van der Waals surface area contributed by atoms with E-state index in [2.05, 4.69) is 4.98 Å². The SMILES string of the molecule is NCC(=O)Cc1ccc(Cl)cn1. The van der Waals surface area contributed by atoms with Crippen molar-refractivity contribution < 1.29 is 4.79 Å². The number of pyridine rings is 1. The van der Waals surface area contributed by atoms with Gasteiger partial charge in [-0.05, 0) is 12.1 Å². The Labute approximate surface area is 75.6 Å². The quantitative estimate of drug-likeness (QED) is 0.756. The van der Waals surface area contributed by atoms with E-state index in [0.29, 0.717) is 10.7 Å². The Bertz CT molecular complexity index is 271. The van der Waals surface area contributed by atoms with Crippen molar-refractivity contribution in [2.24, 2.45) is 5.73 Å². The van der Waals surface area contributed by atoms with Gasteiger partial charge in [-0.2, -0.15) is 0 Å². The van der Waals surface area contributed by atoms with Gasteiger partial charge in [-0.3, -0.25) is 9.78 Å². The molecule has 3 nitrogen and oxygen atoms in total. The summed E-state index contributed by atoms with van der Waals surface area (Å²) in [7, 11) is 0. The van der Waals surface area contributed by atoms with E-state index in [4.69, 9.17) is 17.3 Å². The van der Waals surface area contributed by atoms with Crippen molar-refractivity contribution >= 4 is 17.4 Å². The highest BCUT2D eigenvalue weighted by molar-refractivity contribution is 6.30. The first kappa shape index (κ1) is 9.16. The Morgan fingerprint density at radius 3 is 2.83 bits per heavy atom. The Morgan fingerprint density at radius 1 is 1.58 bits per heavy atom. The third kappa shape index (κ3) is 2.60. The van der Waals surface area contributed by atoms with Crippen molar-refractivity contribution in [2.75, 3.05) is 6.54 Å². The molecule has 0 aliphatic heterocycles. The molecule has 0 aromatic carbocycles. The van der Waals surface area contributed by atoms with Gasteiger partial charge in [-0.15, -0.1) is 0 Å². The second-order valence-corrected chi connectivity index (χ2v) is 2.82. The summed E-state index contributed by atoms with van der Waals surface area (Å²) in [5.74, 6) is -0.0233. The zero-order valence-electron chi connectivity index (χ0n) is 6.46. The molecule has 0 saturated carbocycles. The van der Waals surface area contributed by atoms with E-state index < -0.39 is 0 Å². The highest BCUT2D eigenvalue weighted by Crippen LogP contribution is 2.06. The molecule has 64 valence electrons. The fourth-order valence-electron chi connectivity index (χ4n) is 0.785. The topological polar surface area (TPSA) is 56.0 Å². The summed E-state index contributed by atoms with van der Waals surface area (Å²) in [4.78, 5) is 14.8. The molecule has 1 aromatic heterocycles. The van der Waals surface area contributed by atoms with Gasteiger partial charge >= 0.3 is 0 Å². The number of hydrogen-bond donors (Lipinski definition) is 1. The zero-order chi connectivity index (χ0) is 8.97. The number of Topliss-reactive ketones (excluding diaryl/α,β-unsaturated/α-hetero) is 1. The molecule has 0 aliphatic carbocycles. The second kappa shape index (κ2) is 4.18. The van der Waals surface area contributed by atoms with E-state index in [-0.39, 0.29) is 18.7 Å². The smallest absolute Gasteiger partial charge is 0.152 e. The van der Waals surface area contributed by atoms with Gasteiger partial charge < -0.3 is 5.73 Å². The van der Waals surface area contributed by atoms with Crippen LogP contribution in [0.4, 0.5) is 0 Å². The van der Waals surface area contributed by atoms with Crippen LogP contribution >= 0.6 is 11.6 Å². The fourth-order valence-corrected chi connectivity index (χ4v) is 0.897. The van der Waals surface area contributed by atoms with Gasteiger partial charge in [0.05, 0.1) is 11.6 Å². The van der Waals surface area contributed by atoms with Crippen molar-refractivity contribution in [1.29, 1.82) is 0 Å². The van der Waals surface area contributed by atoms with Gasteiger partial charge in [0.2, 0.25) is 0 Å². The van der Waals surface area contributed by atoms with Crippen molar-refractivity contribution in [3.8, 4) is 0 Å². The van der Waals surface area contributed by atoms with Crippen molar-refractivity contribution in [3.05, 3.63) is 29.0 Å².